The Balaban J connectivity index is 1.49. The molecule has 120 valence electrons. The number of hydrogen-bond acceptors (Lipinski definition) is 4. The second-order valence-corrected chi connectivity index (χ2v) is 6.04. The number of hydrogen-bond donors (Lipinski definition) is 1. The van der Waals surface area contributed by atoms with Gasteiger partial charge in [0.05, 0.1) is 5.69 Å². The largest absolute Gasteiger partial charge is 0.354 e. The monoisotopic (exact) mass is 308 g/mol. The SMILES string of the molecule is Cc1ccc(N2CCC[C@@H](NC/C=C\c3ccccc3)C2)nn1. The lowest BCUT2D eigenvalue weighted by atomic mass is 10.1. The molecule has 1 aliphatic rings. The molecule has 1 saturated heterocycles. The van der Waals surface area contributed by atoms with Crippen molar-refractivity contribution >= 4 is 11.9 Å². The maximum atomic E-state index is 4.31. The van der Waals surface area contributed by atoms with Crippen molar-refractivity contribution in [3.05, 3.63) is 59.8 Å². The predicted molar refractivity (Wildman–Crippen MR) is 95.5 cm³/mol. The average molecular weight is 308 g/mol. The fourth-order valence-electron chi connectivity index (χ4n) is 2.91. The summed E-state index contributed by atoms with van der Waals surface area (Å²) in [6.45, 7) is 4.93. The summed E-state index contributed by atoms with van der Waals surface area (Å²) in [6, 6.07) is 15.0. The Bertz CT molecular complexity index is 622. The third-order valence-electron chi connectivity index (χ3n) is 4.16. The highest BCUT2D eigenvalue weighted by Crippen LogP contribution is 2.17. The molecular formula is C19H24N4. The van der Waals surface area contributed by atoms with Gasteiger partial charge in [0, 0.05) is 25.7 Å². The quantitative estimate of drug-likeness (QED) is 0.922. The van der Waals surface area contributed by atoms with Gasteiger partial charge in [-0.1, -0.05) is 42.5 Å². The number of benzene rings is 1. The summed E-state index contributed by atoms with van der Waals surface area (Å²) >= 11 is 0. The highest BCUT2D eigenvalue weighted by atomic mass is 15.3. The molecular weight excluding hydrogens is 284 g/mol. The van der Waals surface area contributed by atoms with Crippen molar-refractivity contribution in [1.82, 2.24) is 15.5 Å². The number of rotatable bonds is 5. The van der Waals surface area contributed by atoms with Crippen LogP contribution in [0.15, 0.2) is 48.5 Å². The van der Waals surface area contributed by atoms with Crippen molar-refractivity contribution in [2.24, 2.45) is 0 Å². The molecule has 1 aromatic heterocycles. The Hall–Kier alpha value is -2.20. The molecule has 0 bridgehead atoms. The van der Waals surface area contributed by atoms with E-state index < -0.39 is 0 Å². The van der Waals surface area contributed by atoms with Gasteiger partial charge < -0.3 is 10.2 Å². The van der Waals surface area contributed by atoms with Crippen LogP contribution in [0, 0.1) is 6.92 Å². The van der Waals surface area contributed by atoms with Crippen LogP contribution in [0.3, 0.4) is 0 Å². The Morgan fingerprint density at radius 3 is 2.83 bits per heavy atom. The van der Waals surface area contributed by atoms with Gasteiger partial charge in [0.1, 0.15) is 0 Å². The van der Waals surface area contributed by atoms with Crippen LogP contribution >= 0.6 is 0 Å². The predicted octanol–water partition coefficient (Wildman–Crippen LogP) is 3.06. The topological polar surface area (TPSA) is 41.0 Å². The van der Waals surface area contributed by atoms with Gasteiger partial charge in [-0.15, -0.1) is 5.10 Å². The summed E-state index contributed by atoms with van der Waals surface area (Å²) in [5.74, 6) is 0.988. The number of anilines is 1. The molecule has 2 heterocycles. The number of nitrogens with one attached hydrogen (secondary N) is 1. The van der Waals surface area contributed by atoms with Gasteiger partial charge in [0.25, 0.3) is 0 Å². The zero-order valence-electron chi connectivity index (χ0n) is 13.7. The second-order valence-electron chi connectivity index (χ2n) is 6.04. The van der Waals surface area contributed by atoms with Gasteiger partial charge in [-0.2, -0.15) is 5.10 Å². The number of aromatic nitrogens is 2. The first kappa shape index (κ1) is 15.7. The van der Waals surface area contributed by atoms with Crippen molar-refractivity contribution < 1.29 is 0 Å². The van der Waals surface area contributed by atoms with Gasteiger partial charge in [-0.05, 0) is 37.5 Å². The van der Waals surface area contributed by atoms with Crippen molar-refractivity contribution in [3.63, 3.8) is 0 Å². The first-order valence-electron chi connectivity index (χ1n) is 8.31. The van der Waals surface area contributed by atoms with E-state index in [0.29, 0.717) is 6.04 Å². The van der Waals surface area contributed by atoms with Crippen LogP contribution < -0.4 is 10.2 Å². The Morgan fingerprint density at radius 1 is 1.17 bits per heavy atom. The second kappa shape index (κ2) is 7.88. The zero-order chi connectivity index (χ0) is 15.9. The van der Waals surface area contributed by atoms with E-state index in [-0.39, 0.29) is 0 Å². The first-order valence-corrected chi connectivity index (χ1v) is 8.31. The highest BCUT2D eigenvalue weighted by molar-refractivity contribution is 5.48. The van der Waals surface area contributed by atoms with E-state index >= 15 is 0 Å². The molecule has 0 aliphatic carbocycles. The molecule has 1 N–H and O–H groups in total. The Kier molecular flexibility index (Phi) is 5.37. The molecule has 1 aliphatic heterocycles. The van der Waals surface area contributed by atoms with Gasteiger partial charge in [0.15, 0.2) is 5.82 Å². The average Bonchev–Trinajstić information content (AvgIpc) is 2.61. The van der Waals surface area contributed by atoms with E-state index in [1.54, 1.807) is 0 Å². The molecule has 1 atom stereocenters. The van der Waals surface area contributed by atoms with E-state index in [4.69, 9.17) is 0 Å². The standard InChI is InChI=1S/C19H24N4/c1-16-11-12-19(22-21-16)23-14-6-10-18(15-23)20-13-5-9-17-7-3-2-4-8-17/h2-5,7-9,11-12,18,20H,6,10,13-15H2,1H3/b9-5-/t18-/m1/s1. The third kappa shape index (κ3) is 4.63. The smallest absolute Gasteiger partial charge is 0.151 e. The fourth-order valence-corrected chi connectivity index (χ4v) is 2.91. The number of nitrogens with zero attached hydrogens (tertiary/aromatic N) is 3. The lowest BCUT2D eigenvalue weighted by molar-refractivity contribution is 0.435. The zero-order valence-corrected chi connectivity index (χ0v) is 13.7. The molecule has 0 unspecified atom stereocenters. The van der Waals surface area contributed by atoms with Crippen LogP contribution in [-0.2, 0) is 0 Å². The third-order valence-corrected chi connectivity index (χ3v) is 4.16. The van der Waals surface area contributed by atoms with Gasteiger partial charge in [-0.25, -0.2) is 0 Å². The van der Waals surface area contributed by atoms with Crippen molar-refractivity contribution in [2.45, 2.75) is 25.8 Å². The number of aryl methyl sites for hydroxylation is 1. The molecule has 3 rings (SSSR count). The van der Waals surface area contributed by atoms with Crippen LogP contribution in [-0.4, -0.2) is 35.9 Å². The van der Waals surface area contributed by atoms with Crippen LogP contribution in [0.25, 0.3) is 6.08 Å². The molecule has 4 heteroatoms. The summed E-state index contributed by atoms with van der Waals surface area (Å²) in [5, 5.41) is 12.1. The van der Waals surface area contributed by atoms with E-state index in [2.05, 4.69) is 62.9 Å². The lowest BCUT2D eigenvalue weighted by Gasteiger charge is -2.33. The molecule has 1 aromatic carbocycles. The minimum atomic E-state index is 0.507. The van der Waals surface area contributed by atoms with E-state index in [0.717, 1.165) is 31.1 Å². The molecule has 0 amide bonds. The molecule has 0 radical (unpaired) electrons. The van der Waals surface area contributed by atoms with Crippen molar-refractivity contribution in [3.8, 4) is 0 Å². The molecule has 0 spiro atoms. The van der Waals surface area contributed by atoms with Crippen molar-refractivity contribution in [1.29, 1.82) is 0 Å². The number of piperidine rings is 1. The minimum absolute atomic E-state index is 0.507. The molecule has 1 fully saturated rings. The van der Waals surface area contributed by atoms with E-state index in [9.17, 15) is 0 Å². The summed E-state index contributed by atoms with van der Waals surface area (Å²) < 4.78 is 0. The summed E-state index contributed by atoms with van der Waals surface area (Å²) in [5.41, 5.74) is 2.21. The van der Waals surface area contributed by atoms with Gasteiger partial charge in [-0.3, -0.25) is 0 Å². The van der Waals surface area contributed by atoms with E-state index in [1.165, 1.54) is 18.4 Å². The molecule has 0 saturated carbocycles. The van der Waals surface area contributed by atoms with E-state index in [1.807, 2.05) is 19.1 Å². The first-order chi connectivity index (χ1) is 11.3. The maximum Gasteiger partial charge on any atom is 0.151 e. The van der Waals surface area contributed by atoms with Crippen LogP contribution in [0.4, 0.5) is 5.82 Å². The normalized spacial score (nSPS) is 18.5. The summed E-state index contributed by atoms with van der Waals surface area (Å²) in [7, 11) is 0. The lowest BCUT2D eigenvalue weighted by Crippen LogP contribution is -2.46. The van der Waals surface area contributed by atoms with Crippen LogP contribution in [0.5, 0.6) is 0 Å². The summed E-state index contributed by atoms with van der Waals surface area (Å²) in [6.07, 6.45) is 6.77. The maximum absolute atomic E-state index is 4.31. The molecule has 4 nitrogen and oxygen atoms in total. The molecule has 23 heavy (non-hydrogen) atoms. The van der Waals surface area contributed by atoms with Gasteiger partial charge >= 0.3 is 0 Å². The minimum Gasteiger partial charge on any atom is -0.354 e. The van der Waals surface area contributed by atoms with Gasteiger partial charge in [0.2, 0.25) is 0 Å². The van der Waals surface area contributed by atoms with Crippen LogP contribution in [0.2, 0.25) is 0 Å². The van der Waals surface area contributed by atoms with Crippen LogP contribution in [0.1, 0.15) is 24.1 Å². The summed E-state index contributed by atoms with van der Waals surface area (Å²) in [4.78, 5) is 2.33. The Morgan fingerprint density at radius 2 is 2.04 bits per heavy atom. The highest BCUT2D eigenvalue weighted by Gasteiger charge is 2.20. The fraction of sp³-hybridized carbons (Fsp3) is 0.368. The Labute approximate surface area is 138 Å². The molecule has 2 aromatic rings. The van der Waals surface area contributed by atoms with Crippen molar-refractivity contribution in [2.75, 3.05) is 24.5 Å².